The Balaban J connectivity index is 1.79. The van der Waals surface area contributed by atoms with Crippen molar-refractivity contribution in [3.05, 3.63) is 29.8 Å². The lowest BCUT2D eigenvalue weighted by Crippen LogP contribution is -2.18. The Hall–Kier alpha value is -0.470. The van der Waals surface area contributed by atoms with E-state index >= 15 is 0 Å². The van der Waals surface area contributed by atoms with Gasteiger partial charge in [0.25, 0.3) is 0 Å². The molecule has 2 atom stereocenters. The van der Waals surface area contributed by atoms with Gasteiger partial charge in [-0.3, -0.25) is 0 Å². The molecule has 1 aliphatic rings. The van der Waals surface area contributed by atoms with Crippen molar-refractivity contribution in [2.45, 2.75) is 63.1 Å². The van der Waals surface area contributed by atoms with E-state index in [9.17, 15) is 0 Å². The molecular weight excluding hydrogens is 262 g/mol. The smallest absolute Gasteiger partial charge is 0.0205 e. The fourth-order valence-corrected chi connectivity index (χ4v) is 4.26. The van der Waals surface area contributed by atoms with Gasteiger partial charge in [-0.1, -0.05) is 45.7 Å². The Morgan fingerprint density at radius 1 is 1.20 bits per heavy atom. The number of nitrogens with one attached hydrogen (secondary N) is 1. The average molecular weight is 292 g/mol. The van der Waals surface area contributed by atoms with Crippen LogP contribution in [0.2, 0.25) is 0 Å². The van der Waals surface area contributed by atoms with Crippen LogP contribution in [0.4, 0.5) is 0 Å². The van der Waals surface area contributed by atoms with Crippen molar-refractivity contribution in [2.75, 3.05) is 6.54 Å². The minimum absolute atomic E-state index is 0.720. The lowest BCUT2D eigenvalue weighted by molar-refractivity contribution is 0.394. The summed E-state index contributed by atoms with van der Waals surface area (Å²) >= 11 is 2.09. The van der Waals surface area contributed by atoms with E-state index in [-0.39, 0.29) is 0 Å². The second-order valence-corrected chi connectivity index (χ2v) is 8.05. The molecule has 1 N–H and O–H groups in total. The molecule has 20 heavy (non-hydrogen) atoms. The molecule has 2 rings (SSSR count). The summed E-state index contributed by atoms with van der Waals surface area (Å²) in [6, 6.07) is 9.16. The summed E-state index contributed by atoms with van der Waals surface area (Å²) in [5.41, 5.74) is 1.40. The zero-order valence-electron chi connectivity index (χ0n) is 13.2. The third-order valence-electron chi connectivity index (χ3n) is 4.00. The van der Waals surface area contributed by atoms with Gasteiger partial charge in [-0.2, -0.15) is 0 Å². The van der Waals surface area contributed by atoms with Crippen molar-refractivity contribution >= 4 is 11.8 Å². The predicted molar refractivity (Wildman–Crippen MR) is 90.3 cm³/mol. The second-order valence-electron chi connectivity index (χ2n) is 6.68. The van der Waals surface area contributed by atoms with E-state index in [1.807, 2.05) is 0 Å². The molecule has 1 aromatic rings. The lowest BCUT2D eigenvalue weighted by atomic mass is 9.91. The molecule has 1 fully saturated rings. The molecule has 1 aliphatic carbocycles. The number of benzene rings is 1. The lowest BCUT2D eigenvalue weighted by Gasteiger charge is -2.26. The Bertz CT molecular complexity index is 385. The first kappa shape index (κ1) is 15.9. The molecule has 2 unspecified atom stereocenters. The SMILES string of the molecule is CC(C)CNCc1ccc(SC2CCCC(C)C2)cc1. The van der Waals surface area contributed by atoms with Crippen LogP contribution in [-0.2, 0) is 6.54 Å². The molecular formula is C18H29NS. The molecule has 2 heteroatoms. The van der Waals surface area contributed by atoms with Crippen LogP contribution in [-0.4, -0.2) is 11.8 Å². The normalized spacial score (nSPS) is 23.2. The summed E-state index contributed by atoms with van der Waals surface area (Å²) in [6.07, 6.45) is 5.63. The van der Waals surface area contributed by atoms with Crippen LogP contribution in [0.3, 0.4) is 0 Å². The van der Waals surface area contributed by atoms with E-state index in [4.69, 9.17) is 0 Å². The maximum absolute atomic E-state index is 3.50. The first-order chi connectivity index (χ1) is 9.63. The van der Waals surface area contributed by atoms with E-state index < -0.39 is 0 Å². The third kappa shape index (κ3) is 5.49. The van der Waals surface area contributed by atoms with Gasteiger partial charge in [0.1, 0.15) is 0 Å². The van der Waals surface area contributed by atoms with Crippen LogP contribution in [0, 0.1) is 11.8 Å². The van der Waals surface area contributed by atoms with Gasteiger partial charge in [0.05, 0.1) is 0 Å². The first-order valence-electron chi connectivity index (χ1n) is 8.10. The van der Waals surface area contributed by atoms with Gasteiger partial charge >= 0.3 is 0 Å². The molecule has 1 aromatic carbocycles. The quantitative estimate of drug-likeness (QED) is 0.782. The summed E-state index contributed by atoms with van der Waals surface area (Å²) in [7, 11) is 0. The Morgan fingerprint density at radius 2 is 1.95 bits per heavy atom. The van der Waals surface area contributed by atoms with Gasteiger partial charge in [-0.15, -0.1) is 11.8 Å². The van der Waals surface area contributed by atoms with Crippen LogP contribution in [0.1, 0.15) is 52.0 Å². The Morgan fingerprint density at radius 3 is 2.60 bits per heavy atom. The van der Waals surface area contributed by atoms with E-state index in [1.165, 1.54) is 36.1 Å². The minimum Gasteiger partial charge on any atom is -0.312 e. The number of hydrogen-bond acceptors (Lipinski definition) is 2. The largest absolute Gasteiger partial charge is 0.312 e. The maximum Gasteiger partial charge on any atom is 0.0205 e. The van der Waals surface area contributed by atoms with Crippen molar-refractivity contribution in [1.29, 1.82) is 0 Å². The zero-order valence-corrected chi connectivity index (χ0v) is 14.0. The van der Waals surface area contributed by atoms with Crippen LogP contribution in [0.15, 0.2) is 29.2 Å². The van der Waals surface area contributed by atoms with Gasteiger partial charge in [-0.25, -0.2) is 0 Å². The molecule has 112 valence electrons. The summed E-state index contributed by atoms with van der Waals surface area (Å²) in [5.74, 6) is 1.64. The summed E-state index contributed by atoms with van der Waals surface area (Å²) in [6.45, 7) is 8.98. The van der Waals surface area contributed by atoms with Crippen LogP contribution in [0.5, 0.6) is 0 Å². The molecule has 1 nitrogen and oxygen atoms in total. The molecule has 0 radical (unpaired) electrons. The van der Waals surface area contributed by atoms with Crippen molar-refractivity contribution in [2.24, 2.45) is 11.8 Å². The number of hydrogen-bond donors (Lipinski definition) is 1. The molecule has 0 bridgehead atoms. The molecule has 0 amide bonds. The van der Waals surface area contributed by atoms with Gasteiger partial charge in [0.2, 0.25) is 0 Å². The highest BCUT2D eigenvalue weighted by Crippen LogP contribution is 2.36. The number of thioether (sulfide) groups is 1. The highest BCUT2D eigenvalue weighted by Gasteiger charge is 2.19. The fraction of sp³-hybridized carbons (Fsp3) is 0.667. The molecule has 0 heterocycles. The van der Waals surface area contributed by atoms with Crippen LogP contribution < -0.4 is 5.32 Å². The molecule has 0 spiro atoms. The van der Waals surface area contributed by atoms with Crippen LogP contribution >= 0.6 is 11.8 Å². The molecule has 0 aromatic heterocycles. The second kappa shape index (κ2) is 8.09. The summed E-state index contributed by atoms with van der Waals surface area (Å²) in [4.78, 5) is 1.44. The minimum atomic E-state index is 0.720. The van der Waals surface area contributed by atoms with E-state index in [1.54, 1.807) is 0 Å². The number of rotatable bonds is 6. The standard InChI is InChI=1S/C18H29NS/c1-14(2)12-19-13-16-7-9-17(10-8-16)20-18-6-4-5-15(3)11-18/h7-10,14-15,18-19H,4-6,11-13H2,1-3H3. The maximum atomic E-state index is 3.50. The average Bonchev–Trinajstić information content (AvgIpc) is 2.40. The summed E-state index contributed by atoms with van der Waals surface area (Å²) in [5, 5.41) is 4.34. The molecule has 0 aliphatic heterocycles. The topological polar surface area (TPSA) is 12.0 Å². The van der Waals surface area contributed by atoms with Crippen molar-refractivity contribution in [3.63, 3.8) is 0 Å². The van der Waals surface area contributed by atoms with Gasteiger partial charge < -0.3 is 5.32 Å². The van der Waals surface area contributed by atoms with Gasteiger partial charge in [0, 0.05) is 16.7 Å². The molecule has 0 saturated heterocycles. The van der Waals surface area contributed by atoms with Crippen molar-refractivity contribution < 1.29 is 0 Å². The Kier molecular flexibility index (Phi) is 6.44. The summed E-state index contributed by atoms with van der Waals surface area (Å²) < 4.78 is 0. The molecule has 1 saturated carbocycles. The van der Waals surface area contributed by atoms with Gasteiger partial charge in [-0.05, 0) is 48.9 Å². The highest BCUT2D eigenvalue weighted by atomic mass is 32.2. The predicted octanol–water partition coefficient (Wildman–Crippen LogP) is 5.10. The van der Waals surface area contributed by atoms with Crippen molar-refractivity contribution in [1.82, 2.24) is 5.32 Å². The third-order valence-corrected chi connectivity index (χ3v) is 5.30. The van der Waals surface area contributed by atoms with E-state index in [0.717, 1.165) is 30.2 Å². The van der Waals surface area contributed by atoms with Crippen LogP contribution in [0.25, 0.3) is 0 Å². The zero-order chi connectivity index (χ0) is 14.4. The van der Waals surface area contributed by atoms with E-state index in [0.29, 0.717) is 0 Å². The highest BCUT2D eigenvalue weighted by molar-refractivity contribution is 8.00. The monoisotopic (exact) mass is 291 g/mol. The first-order valence-corrected chi connectivity index (χ1v) is 8.97. The fourth-order valence-electron chi connectivity index (χ4n) is 2.87. The van der Waals surface area contributed by atoms with Gasteiger partial charge in [0.15, 0.2) is 0 Å². The van der Waals surface area contributed by atoms with Crippen molar-refractivity contribution in [3.8, 4) is 0 Å². The Labute approximate surface area is 128 Å². The van der Waals surface area contributed by atoms with E-state index in [2.05, 4.69) is 62.1 Å².